The van der Waals surface area contributed by atoms with Gasteiger partial charge in [-0.3, -0.25) is 0 Å². The summed E-state index contributed by atoms with van der Waals surface area (Å²) in [5.41, 5.74) is 0. The number of nitrogens with zero attached hydrogens (tertiary/aromatic N) is 4. The summed E-state index contributed by atoms with van der Waals surface area (Å²) in [6.07, 6.45) is 5.41. The molecule has 0 radical (unpaired) electrons. The summed E-state index contributed by atoms with van der Waals surface area (Å²) in [5, 5.41) is 15.9. The van der Waals surface area contributed by atoms with Crippen LogP contribution in [0.4, 0.5) is 0 Å². The minimum atomic E-state index is 0.726. The summed E-state index contributed by atoms with van der Waals surface area (Å²) in [6.45, 7) is 3.39. The second-order valence-electron chi connectivity index (χ2n) is 4.84. The summed E-state index contributed by atoms with van der Waals surface area (Å²) in [5.74, 6) is 1.95. The van der Waals surface area contributed by atoms with Gasteiger partial charge in [0, 0.05) is 25.4 Å². The normalized spacial score (nSPS) is 25.1. The lowest BCUT2D eigenvalue weighted by Gasteiger charge is -2.26. The molecule has 0 spiro atoms. The van der Waals surface area contributed by atoms with Gasteiger partial charge in [0.2, 0.25) is 5.16 Å². The van der Waals surface area contributed by atoms with Crippen LogP contribution >= 0.6 is 11.8 Å². The standard InChI is InChI=1S/C11H21N5S/c1-9-3-5-10(6-4-9)12-7-8-17-11-13-14-15-16(11)2/h9-10,12H,3-8H2,1-2H3. The maximum Gasteiger partial charge on any atom is 0.209 e. The summed E-state index contributed by atoms with van der Waals surface area (Å²) >= 11 is 1.71. The van der Waals surface area contributed by atoms with Crippen LogP contribution in [0.1, 0.15) is 32.6 Å². The molecule has 0 aliphatic heterocycles. The van der Waals surface area contributed by atoms with E-state index in [1.807, 2.05) is 7.05 Å². The molecular formula is C11H21N5S. The zero-order chi connectivity index (χ0) is 12.1. The largest absolute Gasteiger partial charge is 0.313 e. The van der Waals surface area contributed by atoms with Crippen LogP contribution in [0.15, 0.2) is 5.16 Å². The highest BCUT2D eigenvalue weighted by Crippen LogP contribution is 2.23. The summed E-state index contributed by atoms with van der Waals surface area (Å²) in [7, 11) is 1.87. The molecule has 1 aliphatic rings. The number of nitrogens with one attached hydrogen (secondary N) is 1. The highest BCUT2D eigenvalue weighted by molar-refractivity contribution is 7.99. The molecule has 0 amide bonds. The Morgan fingerprint density at radius 2 is 2.12 bits per heavy atom. The van der Waals surface area contributed by atoms with Crippen LogP contribution in [-0.2, 0) is 7.05 Å². The topological polar surface area (TPSA) is 55.6 Å². The Morgan fingerprint density at radius 3 is 2.76 bits per heavy atom. The molecule has 1 heterocycles. The van der Waals surface area contributed by atoms with Crippen LogP contribution in [0.25, 0.3) is 0 Å². The van der Waals surface area contributed by atoms with Crippen LogP contribution in [0.3, 0.4) is 0 Å². The van der Waals surface area contributed by atoms with Crippen molar-refractivity contribution < 1.29 is 0 Å². The predicted octanol–water partition coefficient (Wildman–Crippen LogP) is 1.47. The van der Waals surface area contributed by atoms with E-state index in [0.717, 1.165) is 29.4 Å². The van der Waals surface area contributed by atoms with E-state index >= 15 is 0 Å². The second kappa shape index (κ2) is 6.35. The van der Waals surface area contributed by atoms with Gasteiger partial charge in [0.15, 0.2) is 0 Å². The average Bonchev–Trinajstić information content (AvgIpc) is 2.73. The zero-order valence-electron chi connectivity index (χ0n) is 10.6. The SMILES string of the molecule is CC1CCC(NCCSc2nnnn2C)CC1. The maximum atomic E-state index is 3.95. The van der Waals surface area contributed by atoms with Crippen LogP contribution in [0.5, 0.6) is 0 Å². The van der Waals surface area contributed by atoms with Crippen molar-refractivity contribution in [3.8, 4) is 0 Å². The molecule has 0 bridgehead atoms. The molecule has 0 aromatic carbocycles. The van der Waals surface area contributed by atoms with Crippen LogP contribution in [0, 0.1) is 5.92 Å². The molecule has 0 saturated heterocycles. The van der Waals surface area contributed by atoms with Crippen LogP contribution < -0.4 is 5.32 Å². The van der Waals surface area contributed by atoms with Crippen molar-refractivity contribution in [2.45, 2.75) is 43.8 Å². The van der Waals surface area contributed by atoms with E-state index in [0.29, 0.717) is 0 Å². The smallest absolute Gasteiger partial charge is 0.209 e. The van der Waals surface area contributed by atoms with Crippen molar-refractivity contribution in [3.05, 3.63) is 0 Å². The molecule has 6 heteroatoms. The van der Waals surface area contributed by atoms with E-state index in [1.54, 1.807) is 16.4 Å². The number of aryl methyl sites for hydroxylation is 1. The highest BCUT2D eigenvalue weighted by Gasteiger charge is 2.17. The fraction of sp³-hybridized carbons (Fsp3) is 0.909. The van der Waals surface area contributed by atoms with E-state index < -0.39 is 0 Å². The third-order valence-corrected chi connectivity index (χ3v) is 4.38. The first-order chi connectivity index (χ1) is 8.25. The molecule has 1 aliphatic carbocycles. The fourth-order valence-electron chi connectivity index (χ4n) is 2.21. The minimum absolute atomic E-state index is 0.726. The molecule has 1 saturated carbocycles. The van der Waals surface area contributed by atoms with Crippen LogP contribution in [0.2, 0.25) is 0 Å². The summed E-state index contributed by atoms with van der Waals surface area (Å²) < 4.78 is 1.72. The van der Waals surface area contributed by atoms with E-state index in [-0.39, 0.29) is 0 Å². The lowest BCUT2D eigenvalue weighted by Crippen LogP contribution is -2.34. The molecule has 0 unspecified atom stereocenters. The third-order valence-electron chi connectivity index (χ3n) is 3.36. The quantitative estimate of drug-likeness (QED) is 0.638. The van der Waals surface area contributed by atoms with E-state index in [1.165, 1.54) is 25.7 Å². The number of hydrogen-bond donors (Lipinski definition) is 1. The Bertz CT molecular complexity index is 332. The Kier molecular flexibility index (Phi) is 4.79. The van der Waals surface area contributed by atoms with Gasteiger partial charge in [-0.1, -0.05) is 18.7 Å². The molecule has 5 nitrogen and oxygen atoms in total. The number of tetrazole rings is 1. The van der Waals surface area contributed by atoms with Crippen LogP contribution in [-0.4, -0.2) is 38.5 Å². The summed E-state index contributed by atoms with van der Waals surface area (Å²) in [6, 6.07) is 0.726. The Hall–Kier alpha value is -0.620. The number of hydrogen-bond acceptors (Lipinski definition) is 5. The summed E-state index contributed by atoms with van der Waals surface area (Å²) in [4.78, 5) is 0. The molecule has 1 N–H and O–H groups in total. The van der Waals surface area contributed by atoms with Gasteiger partial charge in [-0.15, -0.1) is 5.10 Å². The van der Waals surface area contributed by atoms with Gasteiger partial charge in [-0.2, -0.15) is 0 Å². The number of thioether (sulfide) groups is 1. The molecule has 17 heavy (non-hydrogen) atoms. The second-order valence-corrected chi connectivity index (χ2v) is 5.91. The minimum Gasteiger partial charge on any atom is -0.313 e. The molecular weight excluding hydrogens is 234 g/mol. The van der Waals surface area contributed by atoms with Crippen molar-refractivity contribution in [1.29, 1.82) is 0 Å². The van der Waals surface area contributed by atoms with Gasteiger partial charge in [0.25, 0.3) is 0 Å². The molecule has 1 aromatic heterocycles. The first-order valence-electron chi connectivity index (χ1n) is 6.34. The third kappa shape index (κ3) is 3.96. The van der Waals surface area contributed by atoms with Gasteiger partial charge >= 0.3 is 0 Å². The zero-order valence-corrected chi connectivity index (χ0v) is 11.4. The number of aromatic nitrogens is 4. The van der Waals surface area contributed by atoms with E-state index in [9.17, 15) is 0 Å². The molecule has 1 aromatic rings. The lowest BCUT2D eigenvalue weighted by atomic mass is 9.87. The van der Waals surface area contributed by atoms with E-state index in [2.05, 4.69) is 27.8 Å². The monoisotopic (exact) mass is 255 g/mol. The maximum absolute atomic E-state index is 3.95. The van der Waals surface area contributed by atoms with Gasteiger partial charge in [-0.25, -0.2) is 4.68 Å². The first-order valence-corrected chi connectivity index (χ1v) is 7.33. The van der Waals surface area contributed by atoms with Crippen molar-refractivity contribution in [2.24, 2.45) is 13.0 Å². The lowest BCUT2D eigenvalue weighted by molar-refractivity contribution is 0.312. The average molecular weight is 255 g/mol. The van der Waals surface area contributed by atoms with E-state index in [4.69, 9.17) is 0 Å². The van der Waals surface area contributed by atoms with Crippen molar-refractivity contribution >= 4 is 11.8 Å². The van der Waals surface area contributed by atoms with Gasteiger partial charge in [-0.05, 0) is 42.0 Å². The van der Waals surface area contributed by atoms with Gasteiger partial charge in [0.05, 0.1) is 0 Å². The molecule has 96 valence electrons. The molecule has 2 rings (SSSR count). The van der Waals surface area contributed by atoms with Gasteiger partial charge in [0.1, 0.15) is 0 Å². The highest BCUT2D eigenvalue weighted by atomic mass is 32.2. The molecule has 0 atom stereocenters. The Morgan fingerprint density at radius 1 is 1.35 bits per heavy atom. The van der Waals surface area contributed by atoms with Crippen molar-refractivity contribution in [1.82, 2.24) is 25.5 Å². The first kappa shape index (κ1) is 12.8. The Labute approximate surface area is 107 Å². The van der Waals surface area contributed by atoms with Crippen molar-refractivity contribution in [2.75, 3.05) is 12.3 Å². The van der Waals surface area contributed by atoms with Crippen molar-refractivity contribution in [3.63, 3.8) is 0 Å². The predicted molar refractivity (Wildman–Crippen MR) is 68.9 cm³/mol. The van der Waals surface area contributed by atoms with Gasteiger partial charge < -0.3 is 5.32 Å². The fourth-order valence-corrected chi connectivity index (χ4v) is 2.93. The number of rotatable bonds is 5. The Balaban J connectivity index is 1.59. The molecule has 1 fully saturated rings.